The highest BCUT2D eigenvalue weighted by Gasteiger charge is 2.01. The molecule has 0 bridgehead atoms. The van der Waals surface area contributed by atoms with E-state index in [1.165, 1.54) is 5.56 Å². The average molecular weight is 266 g/mol. The third-order valence-electron chi connectivity index (χ3n) is 1.97. The predicted octanol–water partition coefficient (Wildman–Crippen LogP) is 1.94. The van der Waals surface area contributed by atoms with Gasteiger partial charge >= 0.3 is 0 Å². The van der Waals surface area contributed by atoms with Crippen molar-refractivity contribution in [2.24, 2.45) is 10.8 Å². The van der Waals surface area contributed by atoms with E-state index in [1.807, 2.05) is 31.2 Å². The van der Waals surface area contributed by atoms with Crippen LogP contribution in [0.15, 0.2) is 29.4 Å². The molecule has 0 saturated heterocycles. The molecule has 4 nitrogen and oxygen atoms in total. The van der Waals surface area contributed by atoms with Crippen molar-refractivity contribution in [3.05, 3.63) is 29.8 Å². The van der Waals surface area contributed by atoms with Crippen LogP contribution in [0.2, 0.25) is 0 Å². The molecule has 0 spiro atoms. The monoisotopic (exact) mass is 266 g/mol. The summed E-state index contributed by atoms with van der Waals surface area (Å²) in [7, 11) is 0. The van der Waals surface area contributed by atoms with Crippen LogP contribution in [-0.4, -0.2) is 15.8 Å². The van der Waals surface area contributed by atoms with Crippen molar-refractivity contribution < 1.29 is 0 Å². The van der Waals surface area contributed by atoms with Crippen molar-refractivity contribution in [2.45, 2.75) is 13.8 Å². The number of anilines is 1. The minimum absolute atomic E-state index is 0.113. The van der Waals surface area contributed by atoms with E-state index in [0.717, 1.165) is 5.69 Å². The molecule has 0 aromatic heterocycles. The van der Waals surface area contributed by atoms with Gasteiger partial charge in [-0.2, -0.15) is 5.10 Å². The second kappa shape index (κ2) is 6.27. The first-order valence-corrected chi connectivity index (χ1v) is 5.78. The summed E-state index contributed by atoms with van der Waals surface area (Å²) in [5.41, 5.74) is 10.5. The van der Waals surface area contributed by atoms with Crippen molar-refractivity contribution >= 4 is 45.9 Å². The van der Waals surface area contributed by atoms with E-state index in [1.54, 1.807) is 6.92 Å². The maximum atomic E-state index is 5.26. The molecule has 90 valence electrons. The summed E-state index contributed by atoms with van der Waals surface area (Å²) in [6, 6.07) is 7.92. The molecule has 0 fully saturated rings. The Kier molecular flexibility index (Phi) is 4.99. The molecule has 4 N–H and O–H groups in total. The molecule has 0 amide bonds. The summed E-state index contributed by atoms with van der Waals surface area (Å²) in [6.45, 7) is 3.80. The van der Waals surface area contributed by atoms with Crippen LogP contribution in [-0.2, 0) is 0 Å². The molecule has 0 heterocycles. The first kappa shape index (κ1) is 13.5. The Morgan fingerprint density at radius 2 is 1.82 bits per heavy atom. The molecule has 0 unspecified atom stereocenters. The van der Waals surface area contributed by atoms with E-state index in [2.05, 4.69) is 28.1 Å². The van der Waals surface area contributed by atoms with E-state index < -0.39 is 0 Å². The number of benzene rings is 1. The summed E-state index contributed by atoms with van der Waals surface area (Å²) in [4.78, 5) is 0.526. The van der Waals surface area contributed by atoms with E-state index in [4.69, 9.17) is 18.0 Å². The van der Waals surface area contributed by atoms with Crippen molar-refractivity contribution in [1.82, 2.24) is 5.43 Å². The molecule has 1 aromatic rings. The minimum Gasteiger partial charge on any atom is -0.375 e. The molecule has 0 aliphatic carbocycles. The Morgan fingerprint density at radius 1 is 1.24 bits per heavy atom. The zero-order valence-corrected chi connectivity index (χ0v) is 11.3. The normalized spacial score (nSPS) is 10.8. The van der Waals surface area contributed by atoms with Crippen molar-refractivity contribution in [3.8, 4) is 0 Å². The van der Waals surface area contributed by atoms with Gasteiger partial charge in [0, 0.05) is 5.69 Å². The molecular formula is C11H14N4S2. The molecule has 6 heteroatoms. The lowest BCUT2D eigenvalue weighted by atomic mass is 10.2. The number of hydrazone groups is 1. The standard InChI is InChI=1S/C11H14N4S2/c1-7-3-5-9(6-4-7)13-10(16)8(2)14-15-11(12)17/h3-6H,1-2H3,(H,13,16)(H3,12,15,17)/b14-8+. The SMILES string of the molecule is C/C(=N\NC(N)=S)C(=S)Nc1ccc(C)cc1. The molecular weight excluding hydrogens is 252 g/mol. The fourth-order valence-corrected chi connectivity index (χ4v) is 1.26. The lowest BCUT2D eigenvalue weighted by Gasteiger charge is -2.08. The molecule has 0 saturated carbocycles. The number of nitrogens with two attached hydrogens (primary N) is 1. The molecule has 1 rings (SSSR count). The summed E-state index contributed by atoms with van der Waals surface area (Å²) in [5, 5.41) is 7.12. The van der Waals surface area contributed by atoms with Crippen molar-refractivity contribution in [2.75, 3.05) is 5.32 Å². The number of hydrogen-bond donors (Lipinski definition) is 3. The molecule has 17 heavy (non-hydrogen) atoms. The summed E-state index contributed by atoms with van der Waals surface area (Å²) in [5.74, 6) is 0. The Hall–Kier alpha value is -1.53. The van der Waals surface area contributed by atoms with Gasteiger partial charge in [0.2, 0.25) is 0 Å². The summed E-state index contributed by atoms with van der Waals surface area (Å²) >= 11 is 9.82. The van der Waals surface area contributed by atoms with Gasteiger partial charge in [-0.3, -0.25) is 5.43 Å². The quantitative estimate of drug-likeness (QED) is 0.443. The smallest absolute Gasteiger partial charge is 0.184 e. The van der Waals surface area contributed by atoms with E-state index >= 15 is 0 Å². The van der Waals surface area contributed by atoms with Gasteiger partial charge in [0.1, 0.15) is 4.99 Å². The van der Waals surface area contributed by atoms with Gasteiger partial charge in [0.15, 0.2) is 5.11 Å². The Bertz CT molecular complexity index is 451. The molecule has 1 aromatic carbocycles. The highest BCUT2D eigenvalue weighted by molar-refractivity contribution is 7.82. The largest absolute Gasteiger partial charge is 0.375 e. The van der Waals surface area contributed by atoms with Gasteiger partial charge in [0.25, 0.3) is 0 Å². The third kappa shape index (κ3) is 4.88. The number of aryl methyl sites for hydroxylation is 1. The van der Waals surface area contributed by atoms with Crippen LogP contribution in [0, 0.1) is 6.92 Å². The highest BCUT2D eigenvalue weighted by Crippen LogP contribution is 2.08. The topological polar surface area (TPSA) is 62.4 Å². The van der Waals surface area contributed by atoms with Crippen LogP contribution in [0.5, 0.6) is 0 Å². The van der Waals surface area contributed by atoms with Crippen molar-refractivity contribution in [1.29, 1.82) is 0 Å². The molecule has 0 radical (unpaired) electrons. The molecule has 0 aliphatic heterocycles. The van der Waals surface area contributed by atoms with E-state index in [9.17, 15) is 0 Å². The number of hydrogen-bond acceptors (Lipinski definition) is 3. The first-order chi connectivity index (χ1) is 7.99. The Morgan fingerprint density at radius 3 is 2.35 bits per heavy atom. The number of nitrogens with one attached hydrogen (secondary N) is 2. The first-order valence-electron chi connectivity index (χ1n) is 4.97. The Balaban J connectivity index is 2.63. The van der Waals surface area contributed by atoms with Crippen LogP contribution in [0.1, 0.15) is 12.5 Å². The second-order valence-electron chi connectivity index (χ2n) is 3.49. The molecule has 0 atom stereocenters. The van der Waals surface area contributed by atoms with E-state index in [0.29, 0.717) is 10.7 Å². The van der Waals surface area contributed by atoms with Gasteiger partial charge < -0.3 is 11.1 Å². The fraction of sp³-hybridized carbons (Fsp3) is 0.182. The maximum Gasteiger partial charge on any atom is 0.184 e. The third-order valence-corrected chi connectivity index (χ3v) is 2.46. The Labute approximate surface area is 111 Å². The van der Waals surface area contributed by atoms with E-state index in [-0.39, 0.29) is 5.11 Å². The van der Waals surface area contributed by atoms with Crippen LogP contribution in [0.25, 0.3) is 0 Å². The number of thiocarbonyl (C=S) groups is 2. The van der Waals surface area contributed by atoms with Gasteiger partial charge in [0.05, 0.1) is 5.71 Å². The van der Waals surface area contributed by atoms with Crippen LogP contribution >= 0.6 is 24.4 Å². The molecule has 0 aliphatic rings. The number of nitrogens with zero attached hydrogens (tertiary/aromatic N) is 1. The van der Waals surface area contributed by atoms with Crippen LogP contribution in [0.3, 0.4) is 0 Å². The van der Waals surface area contributed by atoms with Gasteiger partial charge in [-0.1, -0.05) is 29.9 Å². The zero-order chi connectivity index (χ0) is 12.8. The van der Waals surface area contributed by atoms with Crippen molar-refractivity contribution in [3.63, 3.8) is 0 Å². The lowest BCUT2D eigenvalue weighted by Crippen LogP contribution is -2.28. The maximum absolute atomic E-state index is 5.26. The average Bonchev–Trinajstić information content (AvgIpc) is 2.28. The van der Waals surface area contributed by atoms with Gasteiger partial charge in [-0.05, 0) is 38.2 Å². The minimum atomic E-state index is 0.113. The lowest BCUT2D eigenvalue weighted by molar-refractivity contribution is 1.03. The van der Waals surface area contributed by atoms with Gasteiger partial charge in [-0.25, -0.2) is 0 Å². The summed E-state index contributed by atoms with van der Waals surface area (Å²) < 4.78 is 0. The predicted molar refractivity (Wildman–Crippen MR) is 80.4 cm³/mol. The van der Waals surface area contributed by atoms with Crippen LogP contribution in [0.4, 0.5) is 5.69 Å². The fourth-order valence-electron chi connectivity index (χ4n) is 1.05. The summed E-state index contributed by atoms with van der Waals surface area (Å²) in [6.07, 6.45) is 0. The highest BCUT2D eigenvalue weighted by atomic mass is 32.1. The number of rotatable bonds is 3. The second-order valence-corrected chi connectivity index (χ2v) is 4.34. The van der Waals surface area contributed by atoms with Crippen LogP contribution < -0.4 is 16.5 Å². The van der Waals surface area contributed by atoms with Gasteiger partial charge in [-0.15, -0.1) is 0 Å². The zero-order valence-electron chi connectivity index (χ0n) is 9.65.